The van der Waals surface area contributed by atoms with E-state index in [1.54, 1.807) is 30.3 Å². The van der Waals surface area contributed by atoms with Crippen molar-refractivity contribution in [2.24, 2.45) is 0 Å². The summed E-state index contributed by atoms with van der Waals surface area (Å²) >= 11 is 12.0. The van der Waals surface area contributed by atoms with E-state index in [-0.39, 0.29) is 5.97 Å². The van der Waals surface area contributed by atoms with Crippen molar-refractivity contribution < 1.29 is 14.3 Å². The summed E-state index contributed by atoms with van der Waals surface area (Å²) in [7, 11) is 1.36. The fraction of sp³-hybridized carbons (Fsp3) is 0.389. The maximum atomic E-state index is 11.4. The van der Waals surface area contributed by atoms with Crippen LogP contribution in [0.25, 0.3) is 0 Å². The Bertz CT molecular complexity index is 781. The average molecular weight is 411 g/mol. The lowest BCUT2D eigenvalue weighted by Gasteiger charge is -2.36. The van der Waals surface area contributed by atoms with Gasteiger partial charge in [0, 0.05) is 38.8 Å². The first-order valence-electron chi connectivity index (χ1n) is 8.54. The molecular formula is C18H20Cl2N4O3. The van der Waals surface area contributed by atoms with Gasteiger partial charge >= 0.3 is 5.97 Å². The summed E-state index contributed by atoms with van der Waals surface area (Å²) in [6.45, 7) is 4.82. The highest BCUT2D eigenvalue weighted by atomic mass is 35.5. The maximum Gasteiger partial charge on any atom is 0.337 e. The molecular weight excluding hydrogens is 391 g/mol. The largest absolute Gasteiger partial charge is 0.492 e. The van der Waals surface area contributed by atoms with Crippen molar-refractivity contribution in [2.45, 2.75) is 0 Å². The summed E-state index contributed by atoms with van der Waals surface area (Å²) in [6, 6.07) is 8.67. The molecule has 0 N–H and O–H groups in total. The SMILES string of the molecule is COC(=O)c1ccc(OCCN2CCN(c3cc(Cl)nnc3Cl)CC2)cc1. The lowest BCUT2D eigenvalue weighted by atomic mass is 10.2. The number of piperazine rings is 1. The molecule has 1 aliphatic heterocycles. The molecule has 9 heteroatoms. The molecule has 2 aromatic rings. The third-order valence-corrected chi connectivity index (χ3v) is 4.82. The number of hydrogen-bond acceptors (Lipinski definition) is 7. The van der Waals surface area contributed by atoms with E-state index in [4.69, 9.17) is 27.9 Å². The number of anilines is 1. The molecule has 1 aromatic carbocycles. The Kier molecular flexibility index (Phi) is 6.71. The van der Waals surface area contributed by atoms with Crippen LogP contribution >= 0.6 is 23.2 Å². The van der Waals surface area contributed by atoms with E-state index in [0.29, 0.717) is 22.5 Å². The second kappa shape index (κ2) is 9.21. The van der Waals surface area contributed by atoms with Crippen LogP contribution in [0.4, 0.5) is 5.69 Å². The number of esters is 1. The first-order valence-corrected chi connectivity index (χ1v) is 9.29. The van der Waals surface area contributed by atoms with Gasteiger partial charge in [-0.3, -0.25) is 4.90 Å². The zero-order valence-electron chi connectivity index (χ0n) is 14.9. The molecule has 0 spiro atoms. The van der Waals surface area contributed by atoms with Gasteiger partial charge in [-0.2, -0.15) is 0 Å². The van der Waals surface area contributed by atoms with Gasteiger partial charge < -0.3 is 14.4 Å². The molecule has 0 aliphatic carbocycles. The second-order valence-corrected chi connectivity index (χ2v) is 6.78. The Hall–Kier alpha value is -2.09. The van der Waals surface area contributed by atoms with Crippen LogP contribution in [0.15, 0.2) is 30.3 Å². The minimum absolute atomic E-state index is 0.337. The van der Waals surface area contributed by atoms with Crippen molar-refractivity contribution in [1.29, 1.82) is 0 Å². The number of nitrogens with zero attached hydrogens (tertiary/aromatic N) is 4. The quantitative estimate of drug-likeness (QED) is 0.678. The van der Waals surface area contributed by atoms with Crippen molar-refractivity contribution in [3.63, 3.8) is 0 Å². The van der Waals surface area contributed by atoms with Crippen LogP contribution in [0.2, 0.25) is 10.3 Å². The Morgan fingerprint density at radius 2 is 1.81 bits per heavy atom. The van der Waals surface area contributed by atoms with E-state index < -0.39 is 0 Å². The number of halogens is 2. The van der Waals surface area contributed by atoms with Gasteiger partial charge in [0.1, 0.15) is 12.4 Å². The van der Waals surface area contributed by atoms with E-state index in [0.717, 1.165) is 44.2 Å². The van der Waals surface area contributed by atoms with Crippen LogP contribution in [0.5, 0.6) is 5.75 Å². The van der Waals surface area contributed by atoms with Crippen LogP contribution in [0.3, 0.4) is 0 Å². The van der Waals surface area contributed by atoms with Crippen molar-refractivity contribution in [3.05, 3.63) is 46.2 Å². The summed E-state index contributed by atoms with van der Waals surface area (Å²) in [6.07, 6.45) is 0. The van der Waals surface area contributed by atoms with Gasteiger partial charge in [-0.15, -0.1) is 10.2 Å². The van der Waals surface area contributed by atoms with Crippen LogP contribution < -0.4 is 9.64 Å². The second-order valence-electron chi connectivity index (χ2n) is 6.04. The lowest BCUT2D eigenvalue weighted by Crippen LogP contribution is -2.47. The fourth-order valence-corrected chi connectivity index (χ4v) is 3.23. The molecule has 0 amide bonds. The summed E-state index contributed by atoms with van der Waals surface area (Å²) < 4.78 is 10.4. The summed E-state index contributed by atoms with van der Waals surface area (Å²) in [5.74, 6) is 0.371. The number of hydrogen-bond donors (Lipinski definition) is 0. The minimum atomic E-state index is -0.356. The molecule has 1 aromatic heterocycles. The molecule has 0 bridgehead atoms. The van der Waals surface area contributed by atoms with Gasteiger partial charge in [0.2, 0.25) is 0 Å². The first kappa shape index (κ1) is 19.7. The van der Waals surface area contributed by atoms with Crippen LogP contribution in [0, 0.1) is 0 Å². The van der Waals surface area contributed by atoms with Gasteiger partial charge in [-0.25, -0.2) is 4.79 Å². The lowest BCUT2D eigenvalue weighted by molar-refractivity contribution is 0.0600. The standard InChI is InChI=1S/C18H20Cl2N4O3/c1-26-18(25)13-2-4-14(5-3-13)27-11-10-23-6-8-24(9-7-23)15-12-16(19)21-22-17(15)20/h2-5,12H,6-11H2,1H3. The van der Waals surface area contributed by atoms with Crippen molar-refractivity contribution in [1.82, 2.24) is 15.1 Å². The Labute approximate surface area is 167 Å². The van der Waals surface area contributed by atoms with Crippen molar-refractivity contribution >= 4 is 34.9 Å². The third kappa shape index (κ3) is 5.22. The molecule has 3 rings (SSSR count). The number of carbonyl (C=O) groups excluding carboxylic acids is 1. The van der Waals surface area contributed by atoms with E-state index in [2.05, 4.69) is 24.7 Å². The number of rotatable bonds is 6. The molecule has 0 unspecified atom stereocenters. The highest BCUT2D eigenvalue weighted by Crippen LogP contribution is 2.26. The normalized spacial score (nSPS) is 14.9. The van der Waals surface area contributed by atoms with Gasteiger partial charge in [-0.1, -0.05) is 23.2 Å². The smallest absolute Gasteiger partial charge is 0.337 e. The summed E-state index contributed by atoms with van der Waals surface area (Å²) in [5.41, 5.74) is 1.32. The van der Waals surface area contributed by atoms with Crippen molar-refractivity contribution in [3.8, 4) is 5.75 Å². The van der Waals surface area contributed by atoms with Gasteiger partial charge in [0.15, 0.2) is 10.3 Å². The monoisotopic (exact) mass is 410 g/mol. The van der Waals surface area contributed by atoms with Crippen LogP contribution in [-0.2, 0) is 4.74 Å². The summed E-state index contributed by atoms with van der Waals surface area (Å²) in [4.78, 5) is 15.9. The fourth-order valence-electron chi connectivity index (χ4n) is 2.88. The average Bonchev–Trinajstić information content (AvgIpc) is 2.70. The molecule has 1 fully saturated rings. The number of aromatic nitrogens is 2. The van der Waals surface area contributed by atoms with Crippen LogP contribution in [-0.4, -0.2) is 67.5 Å². The van der Waals surface area contributed by atoms with Gasteiger partial charge in [-0.05, 0) is 24.3 Å². The topological polar surface area (TPSA) is 67.8 Å². The van der Waals surface area contributed by atoms with E-state index in [1.807, 2.05) is 0 Å². The molecule has 1 saturated heterocycles. The zero-order valence-corrected chi connectivity index (χ0v) is 16.4. The molecule has 0 radical (unpaired) electrons. The number of benzene rings is 1. The maximum absolute atomic E-state index is 11.4. The van der Waals surface area contributed by atoms with Gasteiger partial charge in [0.25, 0.3) is 0 Å². The minimum Gasteiger partial charge on any atom is -0.492 e. The number of methoxy groups -OCH3 is 1. The third-order valence-electron chi connectivity index (χ3n) is 4.37. The van der Waals surface area contributed by atoms with Gasteiger partial charge in [0.05, 0.1) is 18.4 Å². The van der Waals surface area contributed by atoms with E-state index >= 15 is 0 Å². The molecule has 2 heterocycles. The first-order chi connectivity index (χ1) is 13.1. The Morgan fingerprint density at radius 1 is 1.11 bits per heavy atom. The Balaban J connectivity index is 1.43. The van der Waals surface area contributed by atoms with E-state index in [1.165, 1.54) is 7.11 Å². The van der Waals surface area contributed by atoms with Crippen LogP contribution in [0.1, 0.15) is 10.4 Å². The molecule has 7 nitrogen and oxygen atoms in total. The van der Waals surface area contributed by atoms with E-state index in [9.17, 15) is 4.79 Å². The molecule has 27 heavy (non-hydrogen) atoms. The number of carbonyl (C=O) groups is 1. The van der Waals surface area contributed by atoms with Crippen molar-refractivity contribution in [2.75, 3.05) is 51.3 Å². The molecule has 0 saturated carbocycles. The molecule has 1 aliphatic rings. The molecule has 0 atom stereocenters. The Morgan fingerprint density at radius 3 is 2.48 bits per heavy atom. The molecule has 144 valence electrons. The highest BCUT2D eigenvalue weighted by Gasteiger charge is 2.20. The summed E-state index contributed by atoms with van der Waals surface area (Å²) in [5, 5.41) is 8.30. The number of ether oxygens (including phenoxy) is 2. The highest BCUT2D eigenvalue weighted by molar-refractivity contribution is 6.33. The predicted octanol–water partition coefficient (Wildman–Crippen LogP) is 2.77. The predicted molar refractivity (Wildman–Crippen MR) is 104 cm³/mol. The zero-order chi connectivity index (χ0) is 19.2.